The molecule has 2 aromatic carbocycles. The summed E-state index contributed by atoms with van der Waals surface area (Å²) in [5.41, 5.74) is 1.57. The van der Waals surface area contributed by atoms with Crippen molar-refractivity contribution >= 4 is 23.5 Å². The first-order valence-corrected chi connectivity index (χ1v) is 9.58. The van der Waals surface area contributed by atoms with Crippen molar-refractivity contribution < 1.29 is 28.6 Å². The molecule has 2 amide bonds. The fourth-order valence-electron chi connectivity index (χ4n) is 3.18. The van der Waals surface area contributed by atoms with E-state index in [-0.39, 0.29) is 12.5 Å². The number of ether oxygens (including phenoxy) is 3. The summed E-state index contributed by atoms with van der Waals surface area (Å²) < 4.78 is 16.0. The maximum absolute atomic E-state index is 12.4. The number of hydrogen-bond donors (Lipinski definition) is 1. The molecule has 8 nitrogen and oxygen atoms in total. The van der Waals surface area contributed by atoms with Crippen molar-refractivity contribution in [2.75, 3.05) is 31.7 Å². The molecule has 0 saturated carbocycles. The molecule has 0 unspecified atom stereocenters. The predicted molar refractivity (Wildman–Crippen MR) is 110 cm³/mol. The van der Waals surface area contributed by atoms with Crippen LogP contribution in [0, 0.1) is 0 Å². The number of carbonyl (C=O) groups is 3. The van der Waals surface area contributed by atoms with E-state index in [9.17, 15) is 14.4 Å². The van der Waals surface area contributed by atoms with E-state index in [2.05, 4.69) is 5.32 Å². The van der Waals surface area contributed by atoms with Crippen molar-refractivity contribution in [3.05, 3.63) is 54.1 Å². The van der Waals surface area contributed by atoms with Gasteiger partial charge in [-0.15, -0.1) is 0 Å². The zero-order valence-corrected chi connectivity index (χ0v) is 16.9. The van der Waals surface area contributed by atoms with Gasteiger partial charge >= 0.3 is 5.97 Å². The van der Waals surface area contributed by atoms with E-state index >= 15 is 0 Å². The first kappa shape index (κ1) is 21.2. The third-order valence-electron chi connectivity index (χ3n) is 4.67. The zero-order valence-electron chi connectivity index (χ0n) is 16.9. The normalized spacial score (nSPS) is 14.9. The molecule has 1 atom stereocenters. The molecule has 0 spiro atoms. The summed E-state index contributed by atoms with van der Waals surface area (Å²) in [6.07, 6.45) is -0.412. The van der Waals surface area contributed by atoms with Gasteiger partial charge in [0, 0.05) is 13.5 Å². The number of amides is 2. The molecular weight excluding hydrogens is 388 g/mol. The number of fused-ring (bicyclic) bond motifs is 1. The minimum absolute atomic E-state index is 0.0284. The largest absolute Gasteiger partial charge is 0.496 e. The number of methoxy groups -OCH3 is 1. The molecule has 1 aliphatic rings. The topological polar surface area (TPSA) is 94.2 Å². The highest BCUT2D eigenvalue weighted by Gasteiger charge is 2.33. The number of carbonyl (C=O) groups excluding carboxylic acids is 3. The maximum Gasteiger partial charge on any atom is 0.349 e. The van der Waals surface area contributed by atoms with Gasteiger partial charge < -0.3 is 24.4 Å². The second-order valence-corrected chi connectivity index (χ2v) is 6.72. The standard InChI is InChI=1S/C22H24N2O6/c1-15(25)24-13-20(30-19-10-6-4-8-17(19)24)22(27)29-14-21(26)23-12-11-16-7-3-5-9-18(16)28-2/h3-10,20H,11-14H2,1-2H3,(H,23,26)/t20-/m1/s1. The molecule has 2 aromatic rings. The minimum Gasteiger partial charge on any atom is -0.496 e. The number of anilines is 1. The van der Waals surface area contributed by atoms with Crippen LogP contribution in [0.2, 0.25) is 0 Å². The Morgan fingerprint density at radius 2 is 1.87 bits per heavy atom. The first-order valence-electron chi connectivity index (χ1n) is 9.58. The van der Waals surface area contributed by atoms with Gasteiger partial charge in [0.05, 0.1) is 19.3 Å². The van der Waals surface area contributed by atoms with Crippen molar-refractivity contribution in [2.24, 2.45) is 0 Å². The summed E-state index contributed by atoms with van der Waals surface area (Å²) in [5, 5.41) is 2.71. The van der Waals surface area contributed by atoms with Crippen molar-refractivity contribution in [1.29, 1.82) is 0 Å². The van der Waals surface area contributed by atoms with Crippen molar-refractivity contribution in [1.82, 2.24) is 5.32 Å². The second-order valence-electron chi connectivity index (χ2n) is 6.72. The summed E-state index contributed by atoms with van der Waals surface area (Å²) in [6.45, 7) is 1.40. The van der Waals surface area contributed by atoms with Crippen LogP contribution in [0.1, 0.15) is 12.5 Å². The van der Waals surface area contributed by atoms with Crippen LogP contribution in [0.5, 0.6) is 11.5 Å². The van der Waals surface area contributed by atoms with E-state index in [0.29, 0.717) is 24.4 Å². The first-order chi connectivity index (χ1) is 14.5. The van der Waals surface area contributed by atoms with Gasteiger partial charge in [0.15, 0.2) is 6.61 Å². The summed E-state index contributed by atoms with van der Waals surface area (Å²) in [5.74, 6) is -0.156. The number of nitrogens with one attached hydrogen (secondary N) is 1. The molecule has 0 saturated heterocycles. The van der Waals surface area contributed by atoms with Gasteiger partial charge in [0.1, 0.15) is 11.5 Å². The molecular formula is C22H24N2O6. The molecule has 0 radical (unpaired) electrons. The van der Waals surface area contributed by atoms with Gasteiger partial charge in [0.2, 0.25) is 12.0 Å². The summed E-state index contributed by atoms with van der Waals surface area (Å²) >= 11 is 0. The van der Waals surface area contributed by atoms with Crippen LogP contribution < -0.4 is 19.7 Å². The van der Waals surface area contributed by atoms with Gasteiger partial charge in [-0.3, -0.25) is 9.59 Å². The van der Waals surface area contributed by atoms with Crippen LogP contribution in [0.15, 0.2) is 48.5 Å². The van der Waals surface area contributed by atoms with Crippen LogP contribution >= 0.6 is 0 Å². The quantitative estimate of drug-likeness (QED) is 0.696. The number of para-hydroxylation sites is 3. The van der Waals surface area contributed by atoms with Gasteiger partial charge in [-0.25, -0.2) is 4.79 Å². The molecule has 30 heavy (non-hydrogen) atoms. The fourth-order valence-corrected chi connectivity index (χ4v) is 3.18. The average molecular weight is 412 g/mol. The number of esters is 1. The molecule has 158 valence electrons. The predicted octanol–water partition coefficient (Wildman–Crippen LogP) is 1.71. The third-order valence-corrected chi connectivity index (χ3v) is 4.67. The molecule has 0 bridgehead atoms. The Morgan fingerprint density at radius 3 is 2.63 bits per heavy atom. The molecule has 0 fully saturated rings. The van der Waals surface area contributed by atoms with Gasteiger partial charge in [0.25, 0.3) is 5.91 Å². The molecule has 0 aromatic heterocycles. The third kappa shape index (κ3) is 5.08. The van der Waals surface area contributed by atoms with Crippen molar-refractivity contribution in [2.45, 2.75) is 19.4 Å². The molecule has 1 heterocycles. The fraction of sp³-hybridized carbons (Fsp3) is 0.318. The maximum atomic E-state index is 12.4. The lowest BCUT2D eigenvalue weighted by molar-refractivity contribution is -0.155. The molecule has 1 N–H and O–H groups in total. The Morgan fingerprint density at radius 1 is 1.13 bits per heavy atom. The Balaban J connectivity index is 1.48. The lowest BCUT2D eigenvalue weighted by atomic mass is 10.1. The highest BCUT2D eigenvalue weighted by atomic mass is 16.6. The molecule has 1 aliphatic heterocycles. The van der Waals surface area contributed by atoms with E-state index in [1.54, 1.807) is 31.4 Å². The average Bonchev–Trinajstić information content (AvgIpc) is 2.76. The summed E-state index contributed by atoms with van der Waals surface area (Å²) in [6, 6.07) is 14.5. The van der Waals surface area contributed by atoms with Crippen molar-refractivity contribution in [3.63, 3.8) is 0 Å². The highest BCUT2D eigenvalue weighted by molar-refractivity contribution is 5.95. The van der Waals surface area contributed by atoms with Crippen molar-refractivity contribution in [3.8, 4) is 11.5 Å². The van der Waals surface area contributed by atoms with Gasteiger partial charge in [-0.2, -0.15) is 0 Å². The summed E-state index contributed by atoms with van der Waals surface area (Å²) in [7, 11) is 1.59. The summed E-state index contributed by atoms with van der Waals surface area (Å²) in [4.78, 5) is 37.8. The smallest absolute Gasteiger partial charge is 0.349 e. The van der Waals surface area contributed by atoms with Gasteiger partial charge in [-0.1, -0.05) is 30.3 Å². The molecule has 3 rings (SSSR count). The molecule has 0 aliphatic carbocycles. The second kappa shape index (κ2) is 9.78. The Bertz CT molecular complexity index is 929. The van der Waals surface area contributed by atoms with Crippen LogP contribution in [0.3, 0.4) is 0 Å². The van der Waals surface area contributed by atoms with Crippen LogP contribution in [0.25, 0.3) is 0 Å². The number of nitrogens with zero attached hydrogens (tertiary/aromatic N) is 1. The van der Waals surface area contributed by atoms with E-state index < -0.39 is 24.6 Å². The Hall–Kier alpha value is -3.55. The number of rotatable bonds is 7. The number of benzene rings is 2. The zero-order chi connectivity index (χ0) is 21.5. The number of hydrogen-bond acceptors (Lipinski definition) is 6. The van der Waals surface area contributed by atoms with E-state index in [1.165, 1.54) is 11.8 Å². The van der Waals surface area contributed by atoms with Gasteiger partial charge in [-0.05, 0) is 30.2 Å². The lowest BCUT2D eigenvalue weighted by Crippen LogP contribution is -2.47. The molecule has 8 heteroatoms. The Kier molecular flexibility index (Phi) is 6.90. The van der Waals surface area contributed by atoms with Crippen LogP contribution in [-0.4, -0.2) is 50.7 Å². The highest BCUT2D eigenvalue weighted by Crippen LogP contribution is 2.33. The van der Waals surface area contributed by atoms with E-state index in [1.807, 2.05) is 24.3 Å². The Labute approximate surface area is 174 Å². The monoisotopic (exact) mass is 412 g/mol. The van der Waals surface area contributed by atoms with Crippen LogP contribution in [-0.2, 0) is 25.5 Å². The SMILES string of the molecule is COc1ccccc1CCNC(=O)COC(=O)[C@H]1CN(C(C)=O)c2ccccc2O1. The van der Waals surface area contributed by atoms with E-state index in [4.69, 9.17) is 14.2 Å². The van der Waals surface area contributed by atoms with E-state index in [0.717, 1.165) is 11.3 Å². The van der Waals surface area contributed by atoms with Crippen LogP contribution in [0.4, 0.5) is 5.69 Å². The minimum atomic E-state index is -0.995. The lowest BCUT2D eigenvalue weighted by Gasteiger charge is -2.33.